The average molecular weight is 256 g/mol. The molecule has 1 aliphatic rings. The van der Waals surface area contributed by atoms with Crippen LogP contribution < -0.4 is 10.6 Å². The minimum absolute atomic E-state index is 0.252. The summed E-state index contributed by atoms with van der Waals surface area (Å²) in [6.07, 6.45) is 4.97. The van der Waals surface area contributed by atoms with Crippen LogP contribution in [0.25, 0.3) is 0 Å². The first kappa shape index (κ1) is 14.8. The van der Waals surface area contributed by atoms with Gasteiger partial charge in [-0.25, -0.2) is 9.59 Å². The number of methoxy groups -OCH3 is 1. The van der Waals surface area contributed by atoms with Crippen molar-refractivity contribution in [1.82, 2.24) is 10.6 Å². The number of nitrogens with one attached hydrogen (secondary N) is 2. The third-order valence-electron chi connectivity index (χ3n) is 3.19. The minimum atomic E-state index is -0.559. The molecule has 2 amide bonds. The zero-order chi connectivity index (χ0) is 13.5. The van der Waals surface area contributed by atoms with Crippen LogP contribution in [-0.4, -0.2) is 31.2 Å². The largest absolute Gasteiger partial charge is 0.467 e. The summed E-state index contributed by atoms with van der Waals surface area (Å²) in [4.78, 5) is 23.3. The highest BCUT2D eigenvalue weighted by atomic mass is 16.5. The van der Waals surface area contributed by atoms with Crippen LogP contribution in [0.4, 0.5) is 4.79 Å². The molecule has 0 spiro atoms. The number of esters is 1. The van der Waals surface area contributed by atoms with Crippen molar-refractivity contribution < 1.29 is 14.3 Å². The molecule has 0 unspecified atom stereocenters. The van der Waals surface area contributed by atoms with Gasteiger partial charge in [0.15, 0.2) is 0 Å². The van der Waals surface area contributed by atoms with Gasteiger partial charge in [-0.05, 0) is 25.2 Å². The number of rotatable bonds is 5. The average Bonchev–Trinajstić information content (AvgIpc) is 2.79. The molecule has 5 heteroatoms. The predicted molar refractivity (Wildman–Crippen MR) is 69.2 cm³/mol. The summed E-state index contributed by atoms with van der Waals surface area (Å²) in [5.74, 6) is -0.0637. The molecule has 0 aliphatic heterocycles. The molecular weight excluding hydrogens is 232 g/mol. The summed E-state index contributed by atoms with van der Waals surface area (Å²) in [5, 5.41) is 5.61. The van der Waals surface area contributed by atoms with Crippen LogP contribution in [0, 0.1) is 5.92 Å². The standard InChI is InChI=1S/C13H24N2O3/c1-9(2)8-11(12(16)18-3)15-13(17)14-10-6-4-5-7-10/h9-11H,4-8H2,1-3H3,(H2,14,15,17)/t11-/m0/s1. The third-order valence-corrected chi connectivity index (χ3v) is 3.19. The molecule has 1 aliphatic carbocycles. The number of carbonyl (C=O) groups is 2. The Bertz CT molecular complexity index is 286. The first-order chi connectivity index (χ1) is 8.52. The van der Waals surface area contributed by atoms with Gasteiger partial charge >= 0.3 is 12.0 Å². The molecule has 1 saturated carbocycles. The number of ether oxygens (including phenoxy) is 1. The van der Waals surface area contributed by atoms with Crippen molar-refractivity contribution in [2.75, 3.05) is 7.11 Å². The van der Waals surface area contributed by atoms with Gasteiger partial charge in [-0.2, -0.15) is 0 Å². The molecule has 1 fully saturated rings. The Labute approximate surface area is 109 Å². The Hall–Kier alpha value is -1.26. The van der Waals surface area contributed by atoms with Gasteiger partial charge in [-0.15, -0.1) is 0 Å². The maximum absolute atomic E-state index is 11.8. The smallest absolute Gasteiger partial charge is 0.328 e. The van der Waals surface area contributed by atoms with E-state index in [-0.39, 0.29) is 18.0 Å². The lowest BCUT2D eigenvalue weighted by molar-refractivity contribution is -0.143. The van der Waals surface area contributed by atoms with Crippen molar-refractivity contribution >= 4 is 12.0 Å². The first-order valence-corrected chi connectivity index (χ1v) is 6.67. The molecule has 0 aromatic carbocycles. The van der Waals surface area contributed by atoms with E-state index in [1.54, 1.807) is 0 Å². The second-order valence-electron chi connectivity index (χ2n) is 5.30. The molecule has 2 N–H and O–H groups in total. The zero-order valence-corrected chi connectivity index (χ0v) is 11.5. The maximum atomic E-state index is 11.8. The SMILES string of the molecule is COC(=O)[C@H](CC(C)C)NC(=O)NC1CCCC1. The highest BCUT2D eigenvalue weighted by Gasteiger charge is 2.24. The van der Waals surface area contributed by atoms with Crippen molar-refractivity contribution in [3.05, 3.63) is 0 Å². The van der Waals surface area contributed by atoms with Crippen molar-refractivity contribution in [3.63, 3.8) is 0 Å². The van der Waals surface area contributed by atoms with Crippen LogP contribution in [-0.2, 0) is 9.53 Å². The fourth-order valence-electron chi connectivity index (χ4n) is 2.28. The Morgan fingerprint density at radius 1 is 1.28 bits per heavy atom. The van der Waals surface area contributed by atoms with Crippen LogP contribution in [0.5, 0.6) is 0 Å². The number of hydrogen-bond donors (Lipinski definition) is 2. The normalized spacial score (nSPS) is 17.6. The molecule has 1 atom stereocenters. The molecule has 0 heterocycles. The van der Waals surface area contributed by atoms with Crippen LogP contribution in [0.1, 0.15) is 46.0 Å². The van der Waals surface area contributed by atoms with Gasteiger partial charge in [0.1, 0.15) is 6.04 Å². The minimum Gasteiger partial charge on any atom is -0.467 e. The van der Waals surface area contributed by atoms with E-state index in [1.807, 2.05) is 13.8 Å². The summed E-state index contributed by atoms with van der Waals surface area (Å²) < 4.78 is 4.70. The van der Waals surface area contributed by atoms with E-state index in [1.165, 1.54) is 7.11 Å². The van der Waals surface area contributed by atoms with Crippen molar-refractivity contribution in [2.24, 2.45) is 5.92 Å². The molecule has 18 heavy (non-hydrogen) atoms. The zero-order valence-electron chi connectivity index (χ0n) is 11.5. The van der Waals surface area contributed by atoms with E-state index in [0.717, 1.165) is 25.7 Å². The number of urea groups is 1. The number of carbonyl (C=O) groups excluding carboxylic acids is 2. The highest BCUT2D eigenvalue weighted by Crippen LogP contribution is 2.17. The summed E-state index contributed by atoms with van der Waals surface area (Å²) in [6, 6.07) is -0.573. The van der Waals surface area contributed by atoms with Crippen molar-refractivity contribution in [2.45, 2.75) is 58.0 Å². The molecule has 0 aromatic heterocycles. The second kappa shape index (κ2) is 7.24. The molecule has 0 bridgehead atoms. The van der Waals surface area contributed by atoms with E-state index in [2.05, 4.69) is 10.6 Å². The van der Waals surface area contributed by atoms with Crippen LogP contribution in [0.3, 0.4) is 0 Å². The Kier molecular flexibility index (Phi) is 5.95. The van der Waals surface area contributed by atoms with E-state index in [4.69, 9.17) is 4.74 Å². The van der Waals surface area contributed by atoms with E-state index in [9.17, 15) is 9.59 Å². The van der Waals surface area contributed by atoms with E-state index in [0.29, 0.717) is 12.3 Å². The lowest BCUT2D eigenvalue weighted by atomic mass is 10.0. The lowest BCUT2D eigenvalue weighted by Crippen LogP contribution is -2.49. The van der Waals surface area contributed by atoms with E-state index >= 15 is 0 Å². The quantitative estimate of drug-likeness (QED) is 0.737. The monoisotopic (exact) mass is 256 g/mol. The predicted octanol–water partition coefficient (Wildman–Crippen LogP) is 1.82. The fraction of sp³-hybridized carbons (Fsp3) is 0.846. The number of hydrogen-bond acceptors (Lipinski definition) is 3. The van der Waals surface area contributed by atoms with Gasteiger partial charge in [-0.1, -0.05) is 26.7 Å². The summed E-state index contributed by atoms with van der Waals surface area (Å²) in [5.41, 5.74) is 0. The first-order valence-electron chi connectivity index (χ1n) is 6.67. The Balaban J connectivity index is 2.42. The molecule has 1 rings (SSSR count). The lowest BCUT2D eigenvalue weighted by Gasteiger charge is -2.20. The van der Waals surface area contributed by atoms with Crippen LogP contribution >= 0.6 is 0 Å². The van der Waals surface area contributed by atoms with Crippen LogP contribution in [0.2, 0.25) is 0 Å². The summed E-state index contributed by atoms with van der Waals surface area (Å²) >= 11 is 0. The van der Waals surface area contributed by atoms with Gasteiger partial charge in [0.25, 0.3) is 0 Å². The third kappa shape index (κ3) is 4.94. The van der Waals surface area contributed by atoms with Gasteiger partial charge in [-0.3, -0.25) is 0 Å². The molecule has 0 radical (unpaired) electrons. The fourth-order valence-corrected chi connectivity index (χ4v) is 2.28. The van der Waals surface area contributed by atoms with Gasteiger partial charge in [0.2, 0.25) is 0 Å². The summed E-state index contributed by atoms with van der Waals surface area (Å²) in [7, 11) is 1.34. The Morgan fingerprint density at radius 2 is 1.89 bits per heavy atom. The van der Waals surface area contributed by atoms with E-state index < -0.39 is 6.04 Å². The van der Waals surface area contributed by atoms with Gasteiger partial charge in [0, 0.05) is 6.04 Å². The van der Waals surface area contributed by atoms with Crippen molar-refractivity contribution in [1.29, 1.82) is 0 Å². The summed E-state index contributed by atoms with van der Waals surface area (Å²) in [6.45, 7) is 4.01. The maximum Gasteiger partial charge on any atom is 0.328 e. The topological polar surface area (TPSA) is 67.4 Å². The molecular formula is C13H24N2O3. The second-order valence-corrected chi connectivity index (χ2v) is 5.30. The highest BCUT2D eigenvalue weighted by molar-refractivity contribution is 5.83. The Morgan fingerprint density at radius 3 is 2.39 bits per heavy atom. The number of amides is 2. The molecule has 5 nitrogen and oxygen atoms in total. The molecule has 0 saturated heterocycles. The van der Waals surface area contributed by atoms with Crippen molar-refractivity contribution in [3.8, 4) is 0 Å². The van der Waals surface area contributed by atoms with Gasteiger partial charge in [0.05, 0.1) is 7.11 Å². The van der Waals surface area contributed by atoms with Gasteiger partial charge < -0.3 is 15.4 Å². The molecule has 104 valence electrons. The van der Waals surface area contributed by atoms with Crippen LogP contribution in [0.15, 0.2) is 0 Å². The molecule has 0 aromatic rings.